The molecule has 178 valence electrons. The summed E-state index contributed by atoms with van der Waals surface area (Å²) in [4.78, 5) is 20.3. The van der Waals surface area contributed by atoms with Crippen LogP contribution in [0.25, 0.3) is 0 Å². The van der Waals surface area contributed by atoms with Crippen LogP contribution in [0.15, 0.2) is 24.5 Å². The number of pyridine rings is 2. The van der Waals surface area contributed by atoms with Crippen molar-refractivity contribution in [3.63, 3.8) is 0 Å². The highest BCUT2D eigenvalue weighted by Gasteiger charge is 2.33. The van der Waals surface area contributed by atoms with E-state index in [0.717, 1.165) is 22.5 Å². The van der Waals surface area contributed by atoms with E-state index in [0.29, 0.717) is 11.5 Å². The molecule has 0 saturated carbocycles. The largest absolute Gasteiger partial charge is 0.460 e. The third-order valence-corrected chi connectivity index (χ3v) is 5.86. The van der Waals surface area contributed by atoms with Crippen LogP contribution in [0.1, 0.15) is 106 Å². The molecule has 0 saturated heterocycles. The Morgan fingerprint density at radius 2 is 0.906 bits per heavy atom. The van der Waals surface area contributed by atoms with Gasteiger partial charge in [-0.05, 0) is 23.0 Å². The molecule has 2 aromatic heterocycles. The fourth-order valence-electron chi connectivity index (χ4n) is 3.51. The molecule has 0 unspecified atom stereocenters. The van der Waals surface area contributed by atoms with Gasteiger partial charge in [-0.3, -0.25) is 9.97 Å². The second-order valence-corrected chi connectivity index (χ2v) is 13.3. The molecule has 5 nitrogen and oxygen atoms in total. The van der Waals surface area contributed by atoms with E-state index in [1.165, 1.54) is 0 Å². The molecule has 0 atom stereocenters. The molecule has 6 heteroatoms. The topological polar surface area (TPSA) is 64.5 Å². The summed E-state index contributed by atoms with van der Waals surface area (Å²) in [6, 6.07) is 3.91. The molecule has 1 N–H and O–H groups in total. The predicted octanol–water partition coefficient (Wildman–Crippen LogP) is 7.34. The van der Waals surface area contributed by atoms with Crippen LogP contribution in [0, 0.1) is 0 Å². The first-order chi connectivity index (χ1) is 14.3. The quantitative estimate of drug-likeness (QED) is 0.483. The Morgan fingerprint density at radius 3 is 1.16 bits per heavy atom. The lowest BCUT2D eigenvalue weighted by Crippen LogP contribution is -2.22. The van der Waals surface area contributed by atoms with E-state index in [4.69, 9.17) is 9.05 Å². The van der Waals surface area contributed by atoms with Crippen molar-refractivity contribution in [2.45, 2.75) is 105 Å². The van der Waals surface area contributed by atoms with E-state index >= 15 is 0 Å². The Morgan fingerprint density at radius 1 is 0.594 bits per heavy atom. The lowest BCUT2D eigenvalue weighted by Gasteiger charge is -2.31. The third kappa shape index (κ3) is 6.20. The van der Waals surface area contributed by atoms with Crippen molar-refractivity contribution in [2.24, 2.45) is 0 Å². The fraction of sp³-hybridized carbons (Fsp3) is 0.615. The van der Waals surface area contributed by atoms with Gasteiger partial charge in [0.2, 0.25) is 0 Å². The number of hydrogen-bond acceptors (Lipinski definition) is 5. The maximum atomic E-state index is 11.1. The maximum absolute atomic E-state index is 11.1. The molecule has 0 aliphatic carbocycles. The molecule has 2 aromatic rings. The predicted molar refractivity (Wildman–Crippen MR) is 134 cm³/mol. The molecule has 0 spiro atoms. The molecule has 32 heavy (non-hydrogen) atoms. The molecular formula is C26H41N2O3P. The molecule has 0 aromatic carbocycles. The zero-order chi connectivity index (χ0) is 24.7. The maximum Gasteiger partial charge on any atom is 0.460 e. The van der Waals surface area contributed by atoms with Crippen LogP contribution in [-0.4, -0.2) is 14.9 Å². The third-order valence-electron chi connectivity index (χ3n) is 5.18. The van der Waals surface area contributed by atoms with Gasteiger partial charge in [0.15, 0.2) is 11.5 Å². The summed E-state index contributed by atoms with van der Waals surface area (Å²) in [5.41, 5.74) is 2.69. The van der Waals surface area contributed by atoms with E-state index in [-0.39, 0.29) is 21.7 Å². The molecule has 0 fully saturated rings. The molecule has 2 rings (SSSR count). The number of hydrogen-bond donors (Lipinski definition) is 1. The number of aromatic nitrogens is 2. The van der Waals surface area contributed by atoms with Crippen molar-refractivity contribution in [1.82, 2.24) is 9.97 Å². The molecule has 0 amide bonds. The summed E-state index contributed by atoms with van der Waals surface area (Å²) in [5.74, 6) is 1.19. The van der Waals surface area contributed by atoms with Crippen LogP contribution >= 0.6 is 8.60 Å². The summed E-state index contributed by atoms with van der Waals surface area (Å²) < 4.78 is 12.4. The van der Waals surface area contributed by atoms with Crippen molar-refractivity contribution < 1.29 is 13.9 Å². The van der Waals surface area contributed by atoms with Gasteiger partial charge in [-0.15, -0.1) is 0 Å². The van der Waals surface area contributed by atoms with Crippen molar-refractivity contribution in [2.75, 3.05) is 0 Å². The van der Waals surface area contributed by atoms with Crippen LogP contribution < -0.4 is 9.05 Å². The highest BCUT2D eigenvalue weighted by atomic mass is 31.2. The zero-order valence-electron chi connectivity index (χ0n) is 21.9. The minimum Gasteiger partial charge on any atom is -0.416 e. The Hall–Kier alpha value is -1.71. The molecule has 0 aliphatic heterocycles. The Balaban J connectivity index is 2.57. The monoisotopic (exact) mass is 460 g/mol. The van der Waals surface area contributed by atoms with Gasteiger partial charge in [0.1, 0.15) is 0 Å². The van der Waals surface area contributed by atoms with Crippen molar-refractivity contribution >= 4 is 8.60 Å². The summed E-state index contributed by atoms with van der Waals surface area (Å²) >= 11 is 0. The summed E-state index contributed by atoms with van der Waals surface area (Å²) in [6.45, 7) is 25.3. The van der Waals surface area contributed by atoms with Crippen molar-refractivity contribution in [3.8, 4) is 11.5 Å². The van der Waals surface area contributed by atoms with Gasteiger partial charge in [-0.25, -0.2) is 0 Å². The first kappa shape index (κ1) is 26.5. The van der Waals surface area contributed by atoms with Gasteiger partial charge in [0, 0.05) is 34.4 Å². The van der Waals surface area contributed by atoms with Gasteiger partial charge in [0.25, 0.3) is 0 Å². The van der Waals surface area contributed by atoms with Gasteiger partial charge in [-0.1, -0.05) is 83.1 Å². The lowest BCUT2D eigenvalue weighted by atomic mass is 9.82. The number of nitrogens with zero attached hydrogens (tertiary/aromatic N) is 2. The van der Waals surface area contributed by atoms with Crippen molar-refractivity contribution in [3.05, 3.63) is 47.0 Å². The summed E-state index contributed by atoms with van der Waals surface area (Å²) in [5, 5.41) is 0. The Labute approximate surface area is 196 Å². The molecule has 0 radical (unpaired) electrons. The highest BCUT2D eigenvalue weighted by molar-refractivity contribution is 7.41. The minimum absolute atomic E-state index is 0.185. The van der Waals surface area contributed by atoms with E-state index < -0.39 is 8.60 Å². The van der Waals surface area contributed by atoms with Gasteiger partial charge in [-0.2, -0.15) is 0 Å². The first-order valence-corrected chi connectivity index (χ1v) is 12.3. The fourth-order valence-corrected chi connectivity index (χ4v) is 4.23. The van der Waals surface area contributed by atoms with Crippen LogP contribution in [-0.2, 0) is 21.7 Å². The Bertz CT molecular complexity index is 804. The van der Waals surface area contributed by atoms with Gasteiger partial charge in [0.05, 0.1) is 11.4 Å². The van der Waals surface area contributed by atoms with Gasteiger partial charge < -0.3 is 13.9 Å². The lowest BCUT2D eigenvalue weighted by molar-refractivity contribution is 0.356. The summed E-state index contributed by atoms with van der Waals surface area (Å²) in [6.07, 6.45) is 3.62. The van der Waals surface area contributed by atoms with Gasteiger partial charge >= 0.3 is 8.60 Å². The average molecular weight is 461 g/mol. The van der Waals surface area contributed by atoms with Crippen LogP contribution in [0.4, 0.5) is 0 Å². The van der Waals surface area contributed by atoms with Crippen LogP contribution in [0.5, 0.6) is 11.5 Å². The van der Waals surface area contributed by atoms with Crippen molar-refractivity contribution in [1.29, 1.82) is 0 Å². The molecule has 0 aliphatic rings. The standard InChI is InChI=1S/C26H41N2O3P/c1-23(2,3)17-13-15-27-21(25(7,8)9)19(17)30-32(29)31-20-18(24(4,5)6)14-16-28-22(20)26(10,11)12/h13-16,29H,1-12H3. The highest BCUT2D eigenvalue weighted by Crippen LogP contribution is 2.48. The van der Waals surface area contributed by atoms with E-state index in [2.05, 4.69) is 93.1 Å². The zero-order valence-corrected chi connectivity index (χ0v) is 22.8. The van der Waals surface area contributed by atoms with E-state index in [9.17, 15) is 4.89 Å². The average Bonchev–Trinajstić information content (AvgIpc) is 2.58. The van der Waals surface area contributed by atoms with E-state index in [1.807, 2.05) is 24.5 Å². The van der Waals surface area contributed by atoms with Crippen LogP contribution in [0.2, 0.25) is 0 Å². The molecule has 0 bridgehead atoms. The molecule has 2 heterocycles. The van der Waals surface area contributed by atoms with E-state index in [1.54, 1.807) is 0 Å². The smallest absolute Gasteiger partial charge is 0.416 e. The Kier molecular flexibility index (Phi) is 7.39. The second kappa shape index (κ2) is 8.91. The second-order valence-electron chi connectivity index (χ2n) is 12.5. The normalized spacial score (nSPS) is 13.4. The first-order valence-electron chi connectivity index (χ1n) is 11.2. The SMILES string of the molecule is CC(C)(C)c1ccnc(C(C)(C)C)c1OP(O)Oc1c(C(C)(C)C)ccnc1C(C)(C)C. The minimum atomic E-state index is -2.27. The number of rotatable bonds is 4. The molecular weight excluding hydrogens is 419 g/mol. The van der Waals surface area contributed by atoms with Crippen LogP contribution in [0.3, 0.4) is 0 Å². The summed E-state index contributed by atoms with van der Waals surface area (Å²) in [7, 11) is -2.27.